The molecule has 2 aromatic rings. The molecule has 4 aliphatic rings. The Labute approximate surface area is 280 Å². The largest absolute Gasteiger partial charge is 0.350 e. The molecule has 3 heterocycles. The zero-order valence-electron chi connectivity index (χ0n) is 29.4. The molecule has 0 unspecified atom stereocenters. The summed E-state index contributed by atoms with van der Waals surface area (Å²) in [5.41, 5.74) is 1.41. The van der Waals surface area contributed by atoms with Gasteiger partial charge >= 0.3 is 0 Å². The fraction of sp³-hybridized carbons (Fsp3) is 0.722. The first-order valence-corrected chi connectivity index (χ1v) is 17.8. The van der Waals surface area contributed by atoms with Crippen LogP contribution in [0.5, 0.6) is 0 Å². The number of benzene rings is 1. The lowest BCUT2D eigenvalue weighted by Crippen LogP contribution is -2.54. The second-order valence-corrected chi connectivity index (χ2v) is 16.7. The summed E-state index contributed by atoms with van der Waals surface area (Å²) in [6.45, 7) is 18.9. The molecule has 47 heavy (non-hydrogen) atoms. The zero-order chi connectivity index (χ0) is 33.4. The van der Waals surface area contributed by atoms with Gasteiger partial charge in [0.2, 0.25) is 0 Å². The molecule has 1 atom stereocenters. The van der Waals surface area contributed by atoms with Crippen molar-refractivity contribution in [2.75, 3.05) is 32.7 Å². The number of carbonyl (C=O) groups excluding carboxylic acids is 2. The molecule has 1 saturated heterocycles. The van der Waals surface area contributed by atoms with Gasteiger partial charge < -0.3 is 15.1 Å². The topological polar surface area (TPSA) is 123 Å². The van der Waals surface area contributed by atoms with Gasteiger partial charge in [-0.1, -0.05) is 58.9 Å². The lowest BCUT2D eigenvalue weighted by atomic mass is 9.69. The van der Waals surface area contributed by atoms with E-state index in [9.17, 15) is 9.59 Å². The minimum Gasteiger partial charge on any atom is -0.350 e. The highest BCUT2D eigenvalue weighted by atomic mass is 16.2. The number of nitrogens with one attached hydrogen (secondary N) is 2. The van der Waals surface area contributed by atoms with Gasteiger partial charge in [0.05, 0.1) is 12.6 Å². The predicted molar refractivity (Wildman–Crippen MR) is 182 cm³/mol. The monoisotopic (exact) mass is 645 g/mol. The molecule has 1 spiro atoms. The standard InChI is InChI=1S/C36H55N9O2/c1-34(2,3)16-15-29(26-9-11-27(12-10-26)32(46)37-23-30-39-41-42-40-30)45-33(47)31(44-21-19-43(20-22-44)24-25-7-8-25)38-36(45)17-13-28(14-18-36)35(4,5)6/h9-12,25,28-29H,7-8,13-24H2,1-6H3,(H,37,46)(H,39,40,41,42)/t28?,29-,36?/m1/s1. The van der Waals surface area contributed by atoms with Crippen molar-refractivity contribution in [3.05, 3.63) is 41.2 Å². The highest BCUT2D eigenvalue weighted by molar-refractivity contribution is 6.39. The van der Waals surface area contributed by atoms with Crippen molar-refractivity contribution in [3.8, 4) is 0 Å². The molecular formula is C36H55N9O2. The first kappa shape index (κ1) is 33.6. The number of aliphatic imine (C=N–C) groups is 1. The SMILES string of the molecule is CC(C)(C)CC[C@H](c1ccc(C(=O)NCc2nn[nH]n2)cc1)N1C(=O)C(N2CCN(CC3CC3)CC2)=NC12CCC(C(C)(C)C)CC2. The first-order chi connectivity index (χ1) is 22.3. The van der Waals surface area contributed by atoms with Crippen molar-refractivity contribution in [2.24, 2.45) is 27.7 Å². The van der Waals surface area contributed by atoms with Gasteiger partial charge in [-0.3, -0.25) is 14.5 Å². The summed E-state index contributed by atoms with van der Waals surface area (Å²) in [5.74, 6) is 2.45. The molecule has 2 aliphatic heterocycles. The fourth-order valence-corrected chi connectivity index (χ4v) is 7.73. The van der Waals surface area contributed by atoms with Crippen molar-refractivity contribution < 1.29 is 9.59 Å². The number of rotatable bonds is 9. The van der Waals surface area contributed by atoms with Crippen LogP contribution >= 0.6 is 0 Å². The Hall–Kier alpha value is -3.34. The summed E-state index contributed by atoms with van der Waals surface area (Å²) in [4.78, 5) is 40.3. The number of aromatic amines is 1. The van der Waals surface area contributed by atoms with Gasteiger partial charge in [-0.05, 0) is 91.7 Å². The summed E-state index contributed by atoms with van der Waals surface area (Å²) in [6.07, 6.45) is 8.41. The Morgan fingerprint density at radius 1 is 1.00 bits per heavy atom. The number of H-pyrrole nitrogens is 1. The molecule has 2 aliphatic carbocycles. The maximum absolute atomic E-state index is 14.8. The van der Waals surface area contributed by atoms with Gasteiger partial charge in [-0.2, -0.15) is 5.21 Å². The number of hydrogen-bond acceptors (Lipinski definition) is 8. The van der Waals surface area contributed by atoms with E-state index in [1.807, 2.05) is 24.3 Å². The third-order valence-electron chi connectivity index (χ3n) is 10.9. The maximum Gasteiger partial charge on any atom is 0.291 e. The summed E-state index contributed by atoms with van der Waals surface area (Å²) in [7, 11) is 0. The predicted octanol–water partition coefficient (Wildman–Crippen LogP) is 5.20. The first-order valence-electron chi connectivity index (χ1n) is 17.8. The number of piperazine rings is 1. The number of carbonyl (C=O) groups is 2. The molecule has 2 amide bonds. The van der Waals surface area contributed by atoms with E-state index in [0.29, 0.717) is 23.1 Å². The van der Waals surface area contributed by atoms with Crippen molar-refractivity contribution in [1.82, 2.24) is 40.6 Å². The molecular weight excluding hydrogens is 590 g/mol. The summed E-state index contributed by atoms with van der Waals surface area (Å²) in [5, 5.41) is 16.6. The third-order valence-corrected chi connectivity index (χ3v) is 10.9. The van der Waals surface area contributed by atoms with Gasteiger partial charge in [-0.25, -0.2) is 4.99 Å². The van der Waals surface area contributed by atoms with E-state index < -0.39 is 5.66 Å². The van der Waals surface area contributed by atoms with E-state index in [4.69, 9.17) is 4.99 Å². The normalized spacial score (nSPS) is 24.9. The van der Waals surface area contributed by atoms with Crippen LogP contribution in [0.25, 0.3) is 0 Å². The molecule has 2 N–H and O–H groups in total. The number of nitrogens with zero attached hydrogens (tertiary/aromatic N) is 7. The molecule has 11 nitrogen and oxygen atoms in total. The molecule has 1 aromatic heterocycles. The van der Waals surface area contributed by atoms with Crippen molar-refractivity contribution in [1.29, 1.82) is 0 Å². The van der Waals surface area contributed by atoms with Crippen molar-refractivity contribution in [3.63, 3.8) is 0 Å². The minimum atomic E-state index is -0.539. The van der Waals surface area contributed by atoms with Crippen LogP contribution in [0, 0.1) is 22.7 Å². The van der Waals surface area contributed by atoms with Gasteiger partial charge in [-0.15, -0.1) is 10.2 Å². The second-order valence-electron chi connectivity index (χ2n) is 16.7. The highest BCUT2D eigenvalue weighted by Gasteiger charge is 2.53. The van der Waals surface area contributed by atoms with Crippen LogP contribution in [0.2, 0.25) is 0 Å². The minimum absolute atomic E-state index is 0.0793. The quantitative estimate of drug-likeness (QED) is 0.385. The van der Waals surface area contributed by atoms with Crippen LogP contribution in [-0.2, 0) is 11.3 Å². The highest BCUT2D eigenvalue weighted by Crippen LogP contribution is 2.50. The number of hydrogen-bond donors (Lipinski definition) is 2. The van der Waals surface area contributed by atoms with Crippen LogP contribution in [-0.4, -0.2) is 91.4 Å². The molecule has 1 aromatic carbocycles. The lowest BCUT2D eigenvalue weighted by Gasteiger charge is -2.47. The average Bonchev–Trinajstić information content (AvgIpc) is 3.60. The molecule has 3 fully saturated rings. The molecule has 6 rings (SSSR count). The van der Waals surface area contributed by atoms with E-state index in [1.54, 1.807) is 0 Å². The van der Waals surface area contributed by atoms with Gasteiger partial charge in [0.1, 0.15) is 5.66 Å². The van der Waals surface area contributed by atoms with Gasteiger partial charge in [0.25, 0.3) is 11.8 Å². The number of aromatic nitrogens is 4. The van der Waals surface area contributed by atoms with Gasteiger partial charge in [0, 0.05) is 38.3 Å². The number of amides is 2. The molecule has 11 heteroatoms. The van der Waals surface area contributed by atoms with E-state index >= 15 is 0 Å². The average molecular weight is 646 g/mol. The Morgan fingerprint density at radius 3 is 2.26 bits per heavy atom. The van der Waals surface area contributed by atoms with Crippen LogP contribution in [0.3, 0.4) is 0 Å². The summed E-state index contributed by atoms with van der Waals surface area (Å²) >= 11 is 0. The van der Waals surface area contributed by atoms with Crippen molar-refractivity contribution >= 4 is 17.6 Å². The van der Waals surface area contributed by atoms with Crippen LogP contribution < -0.4 is 5.32 Å². The summed E-state index contributed by atoms with van der Waals surface area (Å²) in [6, 6.07) is 7.67. The molecule has 256 valence electrons. The summed E-state index contributed by atoms with van der Waals surface area (Å²) < 4.78 is 0. The molecule has 2 saturated carbocycles. The second kappa shape index (κ2) is 13.3. The van der Waals surface area contributed by atoms with Crippen LogP contribution in [0.15, 0.2) is 29.3 Å². The van der Waals surface area contributed by atoms with Crippen molar-refractivity contribution in [2.45, 2.75) is 111 Å². The Kier molecular flexibility index (Phi) is 9.48. The fourth-order valence-electron chi connectivity index (χ4n) is 7.73. The Bertz CT molecular complexity index is 1400. The Balaban J connectivity index is 1.27. The zero-order valence-corrected chi connectivity index (χ0v) is 29.4. The van der Waals surface area contributed by atoms with E-state index in [2.05, 4.69) is 82.2 Å². The molecule has 0 radical (unpaired) electrons. The van der Waals surface area contributed by atoms with Gasteiger partial charge in [0.15, 0.2) is 11.7 Å². The third kappa shape index (κ3) is 7.87. The van der Waals surface area contributed by atoms with E-state index in [0.717, 1.165) is 76.2 Å². The van der Waals surface area contributed by atoms with Crippen LogP contribution in [0.1, 0.15) is 121 Å². The molecule has 0 bridgehead atoms. The Morgan fingerprint density at radius 2 is 1.68 bits per heavy atom. The lowest BCUT2D eigenvalue weighted by molar-refractivity contribution is -0.134. The van der Waals surface area contributed by atoms with E-state index in [-0.39, 0.29) is 35.2 Å². The number of amidine groups is 1. The van der Waals surface area contributed by atoms with E-state index in [1.165, 1.54) is 19.4 Å². The number of tetrazole rings is 1. The smallest absolute Gasteiger partial charge is 0.291 e. The van der Waals surface area contributed by atoms with Crippen LogP contribution in [0.4, 0.5) is 0 Å². The maximum atomic E-state index is 14.8.